The van der Waals surface area contributed by atoms with Crippen molar-refractivity contribution in [1.82, 2.24) is 0 Å². The van der Waals surface area contributed by atoms with Gasteiger partial charge >= 0.3 is 5.97 Å². The first-order valence-electron chi connectivity index (χ1n) is 4.40. The summed E-state index contributed by atoms with van der Waals surface area (Å²) in [5, 5.41) is 0. The number of carbonyl (C=O) groups is 1. The third kappa shape index (κ3) is 5.16. The van der Waals surface area contributed by atoms with Crippen LogP contribution in [-0.4, -0.2) is 41.4 Å². The minimum Gasteiger partial charge on any atom is -0.457 e. The molecule has 0 aromatic carbocycles. The van der Waals surface area contributed by atoms with Gasteiger partial charge in [-0.15, -0.1) is 0 Å². The highest BCUT2D eigenvalue weighted by Crippen LogP contribution is 2.09. The highest BCUT2D eigenvalue weighted by atomic mass is 28.1. The molecule has 0 atom stereocenters. The molecule has 0 aliphatic carbocycles. The summed E-state index contributed by atoms with van der Waals surface area (Å²) in [6.07, 6.45) is 1.09. The number of hydrogen-bond acceptors (Lipinski definition) is 4. The molecule has 4 nitrogen and oxygen atoms in total. The molecule has 0 rings (SSSR count). The fourth-order valence-corrected chi connectivity index (χ4v) is 1.18. The van der Waals surface area contributed by atoms with Crippen LogP contribution in [0.4, 0.5) is 0 Å². The third-order valence-electron chi connectivity index (χ3n) is 1.33. The van der Waals surface area contributed by atoms with Crippen LogP contribution < -0.4 is 0 Å². The second-order valence-electron chi connectivity index (χ2n) is 2.43. The van der Waals surface area contributed by atoms with Gasteiger partial charge in [0.15, 0.2) is 5.41 Å². The topological polar surface area (TPSA) is 44.8 Å². The van der Waals surface area contributed by atoms with Gasteiger partial charge in [0.1, 0.15) is 16.8 Å². The van der Waals surface area contributed by atoms with Gasteiger partial charge in [-0.25, -0.2) is 4.79 Å². The van der Waals surface area contributed by atoms with E-state index in [-0.39, 0.29) is 6.61 Å². The molecule has 0 fully saturated rings. The van der Waals surface area contributed by atoms with Crippen molar-refractivity contribution in [3.8, 4) is 0 Å². The monoisotopic (exact) mass is 215 g/mol. The number of esters is 1. The van der Waals surface area contributed by atoms with Crippen LogP contribution in [-0.2, 0) is 19.0 Å². The first-order chi connectivity index (χ1) is 6.58. The van der Waals surface area contributed by atoms with Crippen molar-refractivity contribution in [2.75, 3.05) is 19.8 Å². The van der Waals surface area contributed by atoms with E-state index in [0.29, 0.717) is 13.2 Å². The van der Waals surface area contributed by atoms with Gasteiger partial charge < -0.3 is 14.2 Å². The zero-order valence-corrected chi connectivity index (χ0v) is 9.54. The van der Waals surface area contributed by atoms with E-state index in [4.69, 9.17) is 14.2 Å². The van der Waals surface area contributed by atoms with Crippen molar-refractivity contribution in [3.63, 3.8) is 0 Å². The molecular weight excluding hydrogens is 200 g/mol. The van der Waals surface area contributed by atoms with Crippen LogP contribution in [0.25, 0.3) is 0 Å². The van der Waals surface area contributed by atoms with E-state index in [0.717, 1.165) is 6.08 Å². The van der Waals surface area contributed by atoms with Crippen molar-refractivity contribution in [3.05, 3.63) is 12.7 Å². The molecule has 0 aliphatic rings. The van der Waals surface area contributed by atoms with E-state index < -0.39 is 11.4 Å². The average Bonchev–Trinajstić information content (AvgIpc) is 2.15. The minimum atomic E-state index is -1.05. The highest BCUT2D eigenvalue weighted by molar-refractivity contribution is 6.13. The molecule has 0 aromatic rings. The van der Waals surface area contributed by atoms with E-state index in [1.807, 2.05) is 13.8 Å². The maximum atomic E-state index is 10.8. The highest BCUT2D eigenvalue weighted by Gasteiger charge is 2.26. The number of carbonyl (C=O) groups excluding carboxylic acids is 1. The van der Waals surface area contributed by atoms with E-state index >= 15 is 0 Å². The van der Waals surface area contributed by atoms with E-state index in [1.165, 1.54) is 0 Å². The summed E-state index contributed by atoms with van der Waals surface area (Å²) in [5.74, 6) is -0.507. The standard InChI is InChI=1S/C9H15O4Si/c1-4-8(10)11-7-9(14,12-5-2)13-6-3/h4H,1,5-7H2,2-3H3. The lowest BCUT2D eigenvalue weighted by Crippen LogP contribution is -2.42. The Hall–Kier alpha value is -0.653. The van der Waals surface area contributed by atoms with E-state index in [9.17, 15) is 4.79 Å². The maximum absolute atomic E-state index is 10.8. The Balaban J connectivity index is 4.07. The third-order valence-corrected chi connectivity index (χ3v) is 1.76. The van der Waals surface area contributed by atoms with Crippen molar-refractivity contribution < 1.29 is 19.0 Å². The summed E-state index contributed by atoms with van der Waals surface area (Å²) in [4.78, 5) is 10.8. The van der Waals surface area contributed by atoms with Gasteiger partial charge in [0.2, 0.25) is 0 Å². The van der Waals surface area contributed by atoms with Crippen LogP contribution in [0.2, 0.25) is 0 Å². The Labute approximate surface area is 87.6 Å². The van der Waals surface area contributed by atoms with Gasteiger partial charge in [-0.1, -0.05) is 6.58 Å². The summed E-state index contributed by atoms with van der Waals surface area (Å²) >= 11 is 0. The molecule has 0 heterocycles. The fraction of sp³-hybridized carbons (Fsp3) is 0.667. The predicted molar refractivity (Wildman–Crippen MR) is 52.9 cm³/mol. The zero-order valence-electron chi connectivity index (χ0n) is 8.54. The smallest absolute Gasteiger partial charge is 0.330 e. The summed E-state index contributed by atoms with van der Waals surface area (Å²) < 4.78 is 15.3. The Morgan fingerprint density at radius 1 is 1.43 bits per heavy atom. The Bertz CT molecular complexity index is 187. The molecule has 0 bridgehead atoms. The lowest BCUT2D eigenvalue weighted by molar-refractivity contribution is -0.202. The van der Waals surface area contributed by atoms with Crippen LogP contribution in [0.1, 0.15) is 13.8 Å². The SMILES string of the molecule is C=CC(=O)OCC([Si])(OCC)OCC. The van der Waals surface area contributed by atoms with Crippen molar-refractivity contribution in [1.29, 1.82) is 0 Å². The predicted octanol–water partition coefficient (Wildman–Crippen LogP) is 0.611. The summed E-state index contributed by atoms with van der Waals surface area (Å²) in [6, 6.07) is 0. The normalized spacial score (nSPS) is 11.1. The molecule has 79 valence electrons. The molecule has 14 heavy (non-hydrogen) atoms. The van der Waals surface area contributed by atoms with Gasteiger partial charge in [-0.3, -0.25) is 0 Å². The molecule has 0 N–H and O–H groups in total. The van der Waals surface area contributed by atoms with Crippen LogP contribution >= 0.6 is 0 Å². The Kier molecular flexibility index (Phi) is 6.43. The van der Waals surface area contributed by atoms with E-state index in [2.05, 4.69) is 16.8 Å². The van der Waals surface area contributed by atoms with Crippen molar-refractivity contribution in [2.24, 2.45) is 0 Å². The van der Waals surface area contributed by atoms with E-state index in [1.54, 1.807) is 0 Å². The van der Waals surface area contributed by atoms with Gasteiger partial charge in [0.25, 0.3) is 0 Å². The lowest BCUT2D eigenvalue weighted by Gasteiger charge is -2.28. The first kappa shape index (κ1) is 13.3. The minimum absolute atomic E-state index is 0.0174. The van der Waals surface area contributed by atoms with Gasteiger partial charge in [-0.05, 0) is 13.8 Å². The largest absolute Gasteiger partial charge is 0.457 e. The molecule has 0 saturated carbocycles. The number of ether oxygens (including phenoxy) is 3. The van der Waals surface area contributed by atoms with Crippen LogP contribution in [0.15, 0.2) is 12.7 Å². The Morgan fingerprint density at radius 3 is 2.29 bits per heavy atom. The summed E-state index contributed by atoms with van der Waals surface area (Å²) in [5.41, 5.74) is -1.05. The first-order valence-corrected chi connectivity index (χ1v) is 4.90. The zero-order chi connectivity index (χ0) is 11.0. The molecule has 0 amide bonds. The molecule has 0 aliphatic heterocycles. The average molecular weight is 215 g/mol. The number of hydrogen-bond donors (Lipinski definition) is 0. The quantitative estimate of drug-likeness (QED) is 0.270. The van der Waals surface area contributed by atoms with Gasteiger partial charge in [0, 0.05) is 19.3 Å². The molecule has 0 spiro atoms. The molecule has 0 aromatic heterocycles. The molecule has 0 unspecified atom stereocenters. The second-order valence-corrected chi connectivity index (χ2v) is 3.19. The number of rotatable bonds is 7. The molecule has 5 heteroatoms. The second kappa shape index (κ2) is 6.75. The van der Waals surface area contributed by atoms with Crippen molar-refractivity contribution in [2.45, 2.75) is 19.3 Å². The molecular formula is C9H15O4Si. The molecule has 0 saturated heterocycles. The maximum Gasteiger partial charge on any atom is 0.330 e. The van der Waals surface area contributed by atoms with Gasteiger partial charge in [0.05, 0.1) is 0 Å². The fourth-order valence-electron chi connectivity index (χ4n) is 0.816. The van der Waals surface area contributed by atoms with Crippen LogP contribution in [0.5, 0.6) is 0 Å². The van der Waals surface area contributed by atoms with Crippen LogP contribution in [0, 0.1) is 0 Å². The van der Waals surface area contributed by atoms with Crippen molar-refractivity contribution >= 4 is 16.2 Å². The Morgan fingerprint density at radius 2 is 1.93 bits per heavy atom. The van der Waals surface area contributed by atoms with Crippen LogP contribution in [0.3, 0.4) is 0 Å². The van der Waals surface area contributed by atoms with Gasteiger partial charge in [-0.2, -0.15) is 0 Å². The summed E-state index contributed by atoms with van der Waals surface area (Å²) in [6.45, 7) is 7.82. The lowest BCUT2D eigenvalue weighted by atomic mass is 10.6. The molecule has 3 radical (unpaired) electrons. The summed E-state index contributed by atoms with van der Waals surface area (Å²) in [7, 11) is 3.26.